The van der Waals surface area contributed by atoms with Crippen molar-refractivity contribution in [1.29, 1.82) is 0 Å². The van der Waals surface area contributed by atoms with Crippen LogP contribution in [0.3, 0.4) is 0 Å². The van der Waals surface area contributed by atoms with E-state index in [2.05, 4.69) is 4.90 Å². The molecule has 1 aromatic carbocycles. The zero-order valence-corrected chi connectivity index (χ0v) is 10.2. The number of rotatable bonds is 2. The molecule has 2 fully saturated rings. The van der Waals surface area contributed by atoms with Crippen LogP contribution in [0, 0.1) is 0 Å². The van der Waals surface area contributed by atoms with E-state index in [1.54, 1.807) is 6.07 Å². The third kappa shape index (κ3) is 2.05. The zero-order chi connectivity index (χ0) is 11.8. The van der Waals surface area contributed by atoms with Crippen molar-refractivity contribution in [3.05, 3.63) is 28.8 Å². The Bertz CT molecular complexity index is 437. The van der Waals surface area contributed by atoms with Crippen LogP contribution in [0.4, 0.5) is 5.69 Å². The van der Waals surface area contributed by atoms with Crippen LogP contribution in [0.1, 0.15) is 23.2 Å². The first-order valence-electron chi connectivity index (χ1n) is 5.91. The number of benzene rings is 1. The molecule has 4 heteroatoms. The minimum Gasteiger partial charge on any atom is -0.371 e. The lowest BCUT2D eigenvalue weighted by molar-refractivity contribution is 0.0304. The maximum atomic E-state index is 11.1. The van der Waals surface area contributed by atoms with Crippen LogP contribution in [0.15, 0.2) is 18.2 Å². The summed E-state index contributed by atoms with van der Waals surface area (Å²) in [5, 5.41) is 0.604. The van der Waals surface area contributed by atoms with Gasteiger partial charge in [0.25, 0.3) is 0 Å². The predicted octanol–water partition coefficient (Wildman–Crippen LogP) is 2.52. The number of aldehydes is 1. The summed E-state index contributed by atoms with van der Waals surface area (Å²) in [5.74, 6) is 0. The monoisotopic (exact) mass is 251 g/mol. The summed E-state index contributed by atoms with van der Waals surface area (Å²) in [7, 11) is 0. The van der Waals surface area contributed by atoms with Crippen molar-refractivity contribution in [2.75, 3.05) is 18.0 Å². The first kappa shape index (κ1) is 11.1. The van der Waals surface area contributed by atoms with Crippen molar-refractivity contribution in [2.24, 2.45) is 0 Å². The molecule has 0 radical (unpaired) electrons. The average Bonchev–Trinajstić information content (AvgIpc) is 2.68. The minimum absolute atomic E-state index is 0.323. The Morgan fingerprint density at radius 2 is 2.00 bits per heavy atom. The van der Waals surface area contributed by atoms with Crippen LogP contribution in [-0.4, -0.2) is 31.6 Å². The molecular formula is C13H14ClNO2. The van der Waals surface area contributed by atoms with Crippen LogP contribution >= 0.6 is 11.6 Å². The normalized spacial score (nSPS) is 27.2. The van der Waals surface area contributed by atoms with Gasteiger partial charge < -0.3 is 9.64 Å². The molecule has 2 heterocycles. The van der Waals surface area contributed by atoms with Crippen LogP contribution in [0.2, 0.25) is 5.02 Å². The summed E-state index contributed by atoms with van der Waals surface area (Å²) in [6.45, 7) is 1.75. The Morgan fingerprint density at radius 3 is 2.65 bits per heavy atom. The number of carbonyl (C=O) groups is 1. The Morgan fingerprint density at radius 1 is 1.29 bits per heavy atom. The largest absolute Gasteiger partial charge is 0.371 e. The lowest BCUT2D eigenvalue weighted by atomic mass is 10.1. The van der Waals surface area contributed by atoms with Gasteiger partial charge >= 0.3 is 0 Å². The molecule has 3 rings (SSSR count). The Hall–Kier alpha value is -1.06. The molecule has 0 aromatic heterocycles. The van der Waals surface area contributed by atoms with Crippen molar-refractivity contribution in [2.45, 2.75) is 25.0 Å². The molecule has 2 bridgehead atoms. The van der Waals surface area contributed by atoms with Crippen LogP contribution < -0.4 is 4.90 Å². The van der Waals surface area contributed by atoms with Gasteiger partial charge in [0, 0.05) is 29.4 Å². The van der Waals surface area contributed by atoms with E-state index in [-0.39, 0.29) is 0 Å². The fourth-order valence-electron chi connectivity index (χ4n) is 2.72. The molecule has 2 saturated heterocycles. The second kappa shape index (κ2) is 4.31. The highest BCUT2D eigenvalue weighted by molar-refractivity contribution is 6.31. The van der Waals surface area contributed by atoms with Gasteiger partial charge in [-0.1, -0.05) is 11.6 Å². The molecule has 0 spiro atoms. The Balaban J connectivity index is 1.91. The lowest BCUT2D eigenvalue weighted by Gasteiger charge is -2.34. The molecular weight excluding hydrogens is 238 g/mol. The molecule has 1 aromatic rings. The van der Waals surface area contributed by atoms with Gasteiger partial charge in [-0.25, -0.2) is 0 Å². The van der Waals surface area contributed by atoms with E-state index < -0.39 is 0 Å². The van der Waals surface area contributed by atoms with Crippen molar-refractivity contribution >= 4 is 23.6 Å². The highest BCUT2D eigenvalue weighted by Crippen LogP contribution is 2.31. The SMILES string of the molecule is O=Cc1cc(Cl)ccc1N1CC2CCC(C1)O2. The molecule has 0 amide bonds. The summed E-state index contributed by atoms with van der Waals surface area (Å²) in [5.41, 5.74) is 1.64. The van der Waals surface area contributed by atoms with E-state index in [1.165, 1.54) is 0 Å². The van der Waals surface area contributed by atoms with Gasteiger partial charge in [-0.3, -0.25) is 4.79 Å². The summed E-state index contributed by atoms with van der Waals surface area (Å²) >= 11 is 5.90. The van der Waals surface area contributed by atoms with E-state index in [4.69, 9.17) is 16.3 Å². The van der Waals surface area contributed by atoms with Gasteiger partial charge in [-0.15, -0.1) is 0 Å². The number of ether oxygens (including phenoxy) is 1. The third-order valence-corrected chi connectivity index (χ3v) is 3.74. The fraction of sp³-hybridized carbons (Fsp3) is 0.462. The van der Waals surface area contributed by atoms with Crippen molar-refractivity contribution in [3.8, 4) is 0 Å². The molecule has 0 aliphatic carbocycles. The maximum Gasteiger partial charge on any atom is 0.152 e. The molecule has 17 heavy (non-hydrogen) atoms. The number of fused-ring (bicyclic) bond motifs is 2. The smallest absolute Gasteiger partial charge is 0.152 e. The second-order valence-electron chi connectivity index (χ2n) is 4.68. The van der Waals surface area contributed by atoms with E-state index in [1.807, 2.05) is 12.1 Å². The number of carbonyl (C=O) groups excluding carboxylic acids is 1. The van der Waals surface area contributed by atoms with E-state index in [9.17, 15) is 4.79 Å². The molecule has 90 valence electrons. The van der Waals surface area contributed by atoms with Crippen LogP contribution in [-0.2, 0) is 4.74 Å². The molecule has 2 aliphatic rings. The summed E-state index contributed by atoms with van der Waals surface area (Å²) in [4.78, 5) is 13.3. The Kier molecular flexibility index (Phi) is 2.81. The number of hydrogen-bond donors (Lipinski definition) is 0. The van der Waals surface area contributed by atoms with Crippen molar-refractivity contribution in [1.82, 2.24) is 0 Å². The number of halogens is 1. The standard InChI is InChI=1S/C13H14ClNO2/c14-10-1-4-13(9(5-10)8-16)15-6-11-2-3-12(7-15)17-11/h1,4-5,8,11-12H,2-3,6-7H2. The van der Waals surface area contributed by atoms with Crippen LogP contribution in [0.5, 0.6) is 0 Å². The van der Waals surface area contributed by atoms with Gasteiger partial charge in [0.1, 0.15) is 0 Å². The molecule has 0 saturated carbocycles. The topological polar surface area (TPSA) is 29.5 Å². The lowest BCUT2D eigenvalue weighted by Crippen LogP contribution is -2.43. The van der Waals surface area contributed by atoms with Gasteiger partial charge in [-0.05, 0) is 31.0 Å². The molecule has 2 unspecified atom stereocenters. The van der Waals surface area contributed by atoms with Gasteiger partial charge in [0.2, 0.25) is 0 Å². The number of anilines is 1. The zero-order valence-electron chi connectivity index (χ0n) is 9.43. The predicted molar refractivity (Wildman–Crippen MR) is 66.9 cm³/mol. The summed E-state index contributed by atoms with van der Waals surface area (Å²) in [6, 6.07) is 5.49. The minimum atomic E-state index is 0.323. The van der Waals surface area contributed by atoms with E-state index in [0.717, 1.165) is 37.9 Å². The number of morpholine rings is 1. The molecule has 2 atom stereocenters. The summed E-state index contributed by atoms with van der Waals surface area (Å²) < 4.78 is 5.79. The maximum absolute atomic E-state index is 11.1. The number of hydrogen-bond acceptors (Lipinski definition) is 3. The van der Waals surface area contributed by atoms with Gasteiger partial charge in [-0.2, -0.15) is 0 Å². The first-order chi connectivity index (χ1) is 8.26. The molecule has 0 N–H and O–H groups in total. The summed E-state index contributed by atoms with van der Waals surface area (Å²) in [6.07, 6.45) is 3.78. The molecule has 3 nitrogen and oxygen atoms in total. The molecule has 2 aliphatic heterocycles. The number of nitrogens with zero attached hydrogens (tertiary/aromatic N) is 1. The second-order valence-corrected chi connectivity index (χ2v) is 5.12. The Labute approximate surface area is 105 Å². The van der Waals surface area contributed by atoms with Crippen molar-refractivity contribution < 1.29 is 9.53 Å². The fourth-order valence-corrected chi connectivity index (χ4v) is 2.90. The highest BCUT2D eigenvalue weighted by Gasteiger charge is 2.34. The van der Waals surface area contributed by atoms with Gasteiger partial charge in [0.05, 0.1) is 12.2 Å². The van der Waals surface area contributed by atoms with Crippen LogP contribution in [0.25, 0.3) is 0 Å². The third-order valence-electron chi connectivity index (χ3n) is 3.50. The van der Waals surface area contributed by atoms with Gasteiger partial charge in [0.15, 0.2) is 6.29 Å². The van der Waals surface area contributed by atoms with E-state index in [0.29, 0.717) is 22.8 Å². The van der Waals surface area contributed by atoms with Crippen molar-refractivity contribution in [3.63, 3.8) is 0 Å². The highest BCUT2D eigenvalue weighted by atomic mass is 35.5. The average molecular weight is 252 g/mol. The first-order valence-corrected chi connectivity index (χ1v) is 6.29. The quantitative estimate of drug-likeness (QED) is 0.757. The van der Waals surface area contributed by atoms with E-state index >= 15 is 0 Å².